The van der Waals surface area contributed by atoms with Gasteiger partial charge in [0.2, 0.25) is 0 Å². The number of esters is 1. The minimum absolute atomic E-state index is 0.172. The maximum Gasteiger partial charge on any atom is 0.308 e. The number of phenols is 1. The molecule has 0 amide bonds. The Kier molecular flexibility index (Phi) is 3.60. The normalized spacial score (nSPS) is 10.5. The summed E-state index contributed by atoms with van der Waals surface area (Å²) in [5.74, 6) is 0.524. The van der Waals surface area contributed by atoms with Crippen LogP contribution in [0, 0.1) is 0 Å². The van der Waals surface area contributed by atoms with Gasteiger partial charge in [0.1, 0.15) is 5.75 Å². The van der Waals surface area contributed by atoms with E-state index in [2.05, 4.69) is 0 Å². The van der Waals surface area contributed by atoms with Crippen LogP contribution in [0.15, 0.2) is 24.3 Å². The van der Waals surface area contributed by atoms with Crippen LogP contribution < -0.4 is 9.47 Å². The Morgan fingerprint density at radius 1 is 1.21 bits per heavy atom. The van der Waals surface area contributed by atoms with Crippen LogP contribution >= 0.6 is 0 Å². The van der Waals surface area contributed by atoms with Crippen molar-refractivity contribution in [1.29, 1.82) is 0 Å². The number of aromatic hydroxyl groups is 1. The number of fused-ring (bicyclic) bond motifs is 1. The third-order valence-corrected chi connectivity index (χ3v) is 3.00. The smallest absolute Gasteiger partial charge is 0.308 e. The zero-order chi connectivity index (χ0) is 14.0. The Hall–Kier alpha value is -2.23. The van der Waals surface area contributed by atoms with E-state index >= 15 is 0 Å². The number of benzene rings is 2. The van der Waals surface area contributed by atoms with Crippen LogP contribution in [-0.4, -0.2) is 18.2 Å². The van der Waals surface area contributed by atoms with Gasteiger partial charge in [0.05, 0.1) is 7.11 Å². The molecule has 0 saturated carbocycles. The lowest BCUT2D eigenvalue weighted by atomic mass is 10.0. The first kappa shape index (κ1) is 13.2. The van der Waals surface area contributed by atoms with Gasteiger partial charge >= 0.3 is 5.97 Å². The van der Waals surface area contributed by atoms with Gasteiger partial charge in [-0.25, -0.2) is 0 Å². The predicted molar refractivity (Wildman–Crippen MR) is 72.9 cm³/mol. The van der Waals surface area contributed by atoms with Crippen molar-refractivity contribution in [3.8, 4) is 17.2 Å². The Balaban J connectivity index is 2.87. The molecule has 2 aromatic carbocycles. The third kappa shape index (κ3) is 2.21. The second kappa shape index (κ2) is 5.18. The molecule has 0 aliphatic rings. The molecule has 0 atom stereocenters. The molecule has 0 fully saturated rings. The molecule has 2 rings (SSSR count). The van der Waals surface area contributed by atoms with Crippen molar-refractivity contribution in [2.75, 3.05) is 7.11 Å². The van der Waals surface area contributed by atoms with E-state index in [0.29, 0.717) is 34.3 Å². The van der Waals surface area contributed by atoms with Crippen molar-refractivity contribution in [3.63, 3.8) is 0 Å². The summed E-state index contributed by atoms with van der Waals surface area (Å²) in [6.07, 6.45) is 0.577. The molecule has 19 heavy (non-hydrogen) atoms. The van der Waals surface area contributed by atoms with Gasteiger partial charge in [-0.2, -0.15) is 0 Å². The molecule has 0 radical (unpaired) electrons. The number of methoxy groups -OCH3 is 1. The molecule has 0 bridgehead atoms. The minimum Gasteiger partial charge on any atom is -0.507 e. The first-order valence-electron chi connectivity index (χ1n) is 6.09. The SMILES string of the molecule is CCc1c(OC)c(OC(C)=O)c2ccccc2c1O. The van der Waals surface area contributed by atoms with Crippen molar-refractivity contribution in [3.05, 3.63) is 29.8 Å². The van der Waals surface area contributed by atoms with Gasteiger partial charge < -0.3 is 14.6 Å². The average molecular weight is 260 g/mol. The lowest BCUT2D eigenvalue weighted by molar-refractivity contribution is -0.131. The summed E-state index contributed by atoms with van der Waals surface area (Å²) in [5.41, 5.74) is 0.637. The number of ether oxygens (including phenoxy) is 2. The molecule has 0 unspecified atom stereocenters. The molecule has 0 aliphatic heterocycles. The first-order valence-corrected chi connectivity index (χ1v) is 6.09. The van der Waals surface area contributed by atoms with Crippen LogP contribution in [0.5, 0.6) is 17.2 Å². The van der Waals surface area contributed by atoms with Crippen molar-refractivity contribution in [1.82, 2.24) is 0 Å². The zero-order valence-electron chi connectivity index (χ0n) is 11.2. The zero-order valence-corrected chi connectivity index (χ0v) is 11.2. The van der Waals surface area contributed by atoms with Crippen molar-refractivity contribution < 1.29 is 19.4 Å². The molecule has 0 aromatic heterocycles. The summed E-state index contributed by atoms with van der Waals surface area (Å²) >= 11 is 0. The molecule has 0 heterocycles. The van der Waals surface area contributed by atoms with Crippen LogP contribution in [0.3, 0.4) is 0 Å². The fourth-order valence-electron chi connectivity index (χ4n) is 2.21. The molecule has 100 valence electrons. The minimum atomic E-state index is -0.420. The topological polar surface area (TPSA) is 55.8 Å². The Morgan fingerprint density at radius 2 is 1.84 bits per heavy atom. The van der Waals surface area contributed by atoms with Gasteiger partial charge in [-0.1, -0.05) is 31.2 Å². The van der Waals surface area contributed by atoms with Crippen LogP contribution in [0.2, 0.25) is 0 Å². The van der Waals surface area contributed by atoms with E-state index in [-0.39, 0.29) is 5.75 Å². The fraction of sp³-hybridized carbons (Fsp3) is 0.267. The standard InChI is InChI=1S/C15H16O4/c1-4-10-13(17)11-7-5-6-8-12(11)15(14(10)18-3)19-9(2)16/h5-8,17H,4H2,1-3H3. The maximum atomic E-state index is 11.3. The van der Waals surface area contributed by atoms with E-state index in [4.69, 9.17) is 9.47 Å². The van der Waals surface area contributed by atoms with Crippen LogP contribution in [0.1, 0.15) is 19.4 Å². The molecule has 0 saturated heterocycles. The maximum absolute atomic E-state index is 11.3. The van der Waals surface area contributed by atoms with E-state index in [1.807, 2.05) is 19.1 Å². The van der Waals surface area contributed by atoms with E-state index in [0.717, 1.165) is 0 Å². The van der Waals surface area contributed by atoms with E-state index in [1.165, 1.54) is 14.0 Å². The monoisotopic (exact) mass is 260 g/mol. The summed E-state index contributed by atoms with van der Waals surface area (Å²) < 4.78 is 10.6. The van der Waals surface area contributed by atoms with Gasteiger partial charge in [-0.3, -0.25) is 4.79 Å². The van der Waals surface area contributed by atoms with Crippen molar-refractivity contribution >= 4 is 16.7 Å². The molecule has 2 aromatic rings. The lowest BCUT2D eigenvalue weighted by Gasteiger charge is -2.17. The number of rotatable bonds is 3. The lowest BCUT2D eigenvalue weighted by Crippen LogP contribution is -2.05. The summed E-state index contributed by atoms with van der Waals surface area (Å²) in [7, 11) is 1.50. The third-order valence-electron chi connectivity index (χ3n) is 3.00. The second-order valence-corrected chi connectivity index (χ2v) is 4.18. The molecule has 0 spiro atoms. The summed E-state index contributed by atoms with van der Waals surface area (Å²) in [4.78, 5) is 11.3. The Labute approximate surface area is 111 Å². The summed E-state index contributed by atoms with van der Waals surface area (Å²) in [6.45, 7) is 3.25. The second-order valence-electron chi connectivity index (χ2n) is 4.18. The van der Waals surface area contributed by atoms with Crippen LogP contribution in [0.4, 0.5) is 0 Å². The van der Waals surface area contributed by atoms with Crippen LogP contribution in [0.25, 0.3) is 10.8 Å². The predicted octanol–water partition coefficient (Wildman–Crippen LogP) is 3.04. The molecule has 4 nitrogen and oxygen atoms in total. The summed E-state index contributed by atoms with van der Waals surface area (Å²) in [5, 5.41) is 11.6. The van der Waals surface area contributed by atoms with Crippen molar-refractivity contribution in [2.24, 2.45) is 0 Å². The highest BCUT2D eigenvalue weighted by Gasteiger charge is 2.20. The van der Waals surface area contributed by atoms with E-state index < -0.39 is 5.97 Å². The number of carbonyl (C=O) groups excluding carboxylic acids is 1. The highest BCUT2D eigenvalue weighted by molar-refractivity contribution is 5.98. The number of phenolic OH excluding ortho intramolecular Hbond substituents is 1. The Bertz CT molecular complexity index is 632. The highest BCUT2D eigenvalue weighted by Crippen LogP contribution is 2.45. The van der Waals surface area contributed by atoms with Gasteiger partial charge in [0, 0.05) is 23.3 Å². The molecule has 4 heteroatoms. The summed E-state index contributed by atoms with van der Waals surface area (Å²) in [6, 6.07) is 7.22. The Morgan fingerprint density at radius 3 is 2.37 bits per heavy atom. The highest BCUT2D eigenvalue weighted by atomic mass is 16.6. The van der Waals surface area contributed by atoms with Gasteiger partial charge in [-0.05, 0) is 6.42 Å². The molecule has 1 N–H and O–H groups in total. The fourth-order valence-corrected chi connectivity index (χ4v) is 2.21. The molecule has 0 aliphatic carbocycles. The quantitative estimate of drug-likeness (QED) is 0.680. The van der Waals surface area contributed by atoms with Gasteiger partial charge in [0.25, 0.3) is 0 Å². The van der Waals surface area contributed by atoms with E-state index in [1.54, 1.807) is 12.1 Å². The number of hydrogen-bond acceptors (Lipinski definition) is 4. The number of hydrogen-bond donors (Lipinski definition) is 1. The molecular formula is C15H16O4. The van der Waals surface area contributed by atoms with Crippen molar-refractivity contribution in [2.45, 2.75) is 20.3 Å². The first-order chi connectivity index (χ1) is 9.10. The molecular weight excluding hydrogens is 244 g/mol. The number of carbonyl (C=O) groups is 1. The largest absolute Gasteiger partial charge is 0.507 e. The van der Waals surface area contributed by atoms with Gasteiger partial charge in [-0.15, -0.1) is 0 Å². The van der Waals surface area contributed by atoms with E-state index in [9.17, 15) is 9.90 Å². The van der Waals surface area contributed by atoms with Crippen LogP contribution in [-0.2, 0) is 11.2 Å². The van der Waals surface area contributed by atoms with Gasteiger partial charge in [0.15, 0.2) is 11.5 Å². The average Bonchev–Trinajstić information content (AvgIpc) is 2.41.